The summed E-state index contributed by atoms with van der Waals surface area (Å²) in [5, 5.41) is 5.32. The quantitative estimate of drug-likeness (QED) is 0.460. The van der Waals surface area contributed by atoms with Crippen LogP contribution in [0.15, 0.2) is 57.5 Å². The molecular formula is C22H20BrCl2N3O2. The van der Waals surface area contributed by atoms with Crippen molar-refractivity contribution in [3.8, 4) is 0 Å². The van der Waals surface area contributed by atoms with E-state index in [4.69, 9.17) is 27.7 Å². The topological polar surface area (TPSA) is 49.6 Å². The maximum absolute atomic E-state index is 12.9. The highest BCUT2D eigenvalue weighted by Crippen LogP contribution is 2.31. The summed E-state index contributed by atoms with van der Waals surface area (Å²) in [7, 11) is 0. The van der Waals surface area contributed by atoms with Crippen molar-refractivity contribution in [2.45, 2.75) is 13.0 Å². The standard InChI is InChI=1S/C22H20BrCl2N3O2/c1-14-19(23)20(26-30-14)22(29)28-12-10-27(11-13-28)21(15-2-6-17(24)7-3-15)16-4-8-18(25)9-5-16/h2-9,21H,10-13H2,1H3. The van der Waals surface area contributed by atoms with Gasteiger partial charge < -0.3 is 9.42 Å². The van der Waals surface area contributed by atoms with E-state index >= 15 is 0 Å². The van der Waals surface area contributed by atoms with E-state index in [0.29, 0.717) is 39.1 Å². The molecule has 2 aromatic carbocycles. The molecule has 1 aliphatic heterocycles. The number of halogens is 3. The molecule has 0 bridgehead atoms. The lowest BCUT2D eigenvalue weighted by atomic mass is 9.96. The summed E-state index contributed by atoms with van der Waals surface area (Å²) in [5.74, 6) is 0.482. The summed E-state index contributed by atoms with van der Waals surface area (Å²) >= 11 is 15.6. The van der Waals surface area contributed by atoms with E-state index in [1.807, 2.05) is 29.2 Å². The van der Waals surface area contributed by atoms with Gasteiger partial charge in [0, 0.05) is 36.2 Å². The Morgan fingerprint density at radius 2 is 1.47 bits per heavy atom. The molecule has 5 nitrogen and oxygen atoms in total. The molecule has 0 N–H and O–H groups in total. The van der Waals surface area contributed by atoms with Crippen LogP contribution < -0.4 is 0 Å². The Morgan fingerprint density at radius 1 is 0.967 bits per heavy atom. The Morgan fingerprint density at radius 3 is 1.90 bits per heavy atom. The molecule has 0 atom stereocenters. The zero-order valence-corrected chi connectivity index (χ0v) is 19.4. The molecule has 1 fully saturated rings. The zero-order valence-electron chi connectivity index (χ0n) is 16.3. The number of nitrogens with zero attached hydrogens (tertiary/aromatic N) is 3. The van der Waals surface area contributed by atoms with Gasteiger partial charge in [0.05, 0.1) is 10.5 Å². The lowest BCUT2D eigenvalue weighted by Gasteiger charge is -2.39. The van der Waals surface area contributed by atoms with Crippen molar-refractivity contribution in [1.82, 2.24) is 15.0 Å². The third-order valence-electron chi connectivity index (χ3n) is 5.33. The lowest BCUT2D eigenvalue weighted by Crippen LogP contribution is -2.50. The van der Waals surface area contributed by atoms with Gasteiger partial charge in [-0.05, 0) is 58.2 Å². The SMILES string of the molecule is Cc1onc(C(=O)N2CCN(C(c3ccc(Cl)cc3)c3ccc(Cl)cc3)CC2)c1Br. The number of rotatable bonds is 4. The van der Waals surface area contributed by atoms with E-state index in [9.17, 15) is 4.79 Å². The van der Waals surface area contributed by atoms with E-state index in [1.54, 1.807) is 6.92 Å². The number of aromatic nitrogens is 1. The van der Waals surface area contributed by atoms with E-state index in [2.05, 4.69) is 50.3 Å². The first-order valence-electron chi connectivity index (χ1n) is 9.60. The largest absolute Gasteiger partial charge is 0.360 e. The van der Waals surface area contributed by atoms with Crippen molar-refractivity contribution in [3.05, 3.63) is 85.6 Å². The van der Waals surface area contributed by atoms with Crippen molar-refractivity contribution >= 4 is 45.0 Å². The van der Waals surface area contributed by atoms with Crippen molar-refractivity contribution in [3.63, 3.8) is 0 Å². The van der Waals surface area contributed by atoms with Crippen LogP contribution in [0.2, 0.25) is 10.0 Å². The van der Waals surface area contributed by atoms with Gasteiger partial charge in [-0.1, -0.05) is 52.6 Å². The molecule has 3 aromatic rings. The fourth-order valence-electron chi connectivity index (χ4n) is 3.73. The van der Waals surface area contributed by atoms with Gasteiger partial charge in [-0.3, -0.25) is 9.69 Å². The van der Waals surface area contributed by atoms with Crippen LogP contribution in [-0.2, 0) is 0 Å². The van der Waals surface area contributed by atoms with Gasteiger partial charge in [0.15, 0.2) is 5.69 Å². The normalized spacial score (nSPS) is 15.0. The van der Waals surface area contributed by atoms with Crippen LogP contribution >= 0.6 is 39.1 Å². The fraction of sp³-hybridized carbons (Fsp3) is 0.273. The first-order chi connectivity index (χ1) is 14.4. The van der Waals surface area contributed by atoms with Crippen LogP contribution in [0.1, 0.15) is 33.4 Å². The molecular weight excluding hydrogens is 489 g/mol. The van der Waals surface area contributed by atoms with Crippen LogP contribution in [0.5, 0.6) is 0 Å². The fourth-order valence-corrected chi connectivity index (χ4v) is 4.30. The summed E-state index contributed by atoms with van der Waals surface area (Å²) < 4.78 is 5.75. The van der Waals surface area contributed by atoms with Gasteiger partial charge in [-0.25, -0.2) is 0 Å². The average molecular weight is 509 g/mol. The monoisotopic (exact) mass is 507 g/mol. The smallest absolute Gasteiger partial charge is 0.277 e. The van der Waals surface area contributed by atoms with Gasteiger partial charge in [-0.2, -0.15) is 0 Å². The molecule has 4 rings (SSSR count). The number of carbonyl (C=O) groups is 1. The number of carbonyl (C=O) groups excluding carboxylic acids is 1. The van der Waals surface area contributed by atoms with Crippen LogP contribution in [0, 0.1) is 6.92 Å². The van der Waals surface area contributed by atoms with Crippen LogP contribution in [0.3, 0.4) is 0 Å². The van der Waals surface area contributed by atoms with Gasteiger partial charge in [0.2, 0.25) is 0 Å². The van der Waals surface area contributed by atoms with Gasteiger partial charge in [0.25, 0.3) is 5.91 Å². The molecule has 0 unspecified atom stereocenters. The predicted molar refractivity (Wildman–Crippen MR) is 121 cm³/mol. The molecule has 2 heterocycles. The maximum atomic E-state index is 12.9. The highest BCUT2D eigenvalue weighted by Gasteiger charge is 2.30. The maximum Gasteiger partial charge on any atom is 0.277 e. The zero-order chi connectivity index (χ0) is 21.3. The number of amides is 1. The Kier molecular flexibility index (Phi) is 6.48. The van der Waals surface area contributed by atoms with Crippen molar-refractivity contribution in [2.24, 2.45) is 0 Å². The molecule has 0 radical (unpaired) electrons. The van der Waals surface area contributed by atoms with Gasteiger partial charge in [0.1, 0.15) is 5.76 Å². The van der Waals surface area contributed by atoms with Crippen molar-refractivity contribution in [1.29, 1.82) is 0 Å². The molecule has 0 spiro atoms. The second-order valence-electron chi connectivity index (χ2n) is 7.24. The van der Waals surface area contributed by atoms with E-state index in [0.717, 1.165) is 24.2 Å². The average Bonchev–Trinajstić information content (AvgIpc) is 3.09. The third kappa shape index (κ3) is 4.42. The first kappa shape index (κ1) is 21.4. The first-order valence-corrected chi connectivity index (χ1v) is 11.1. The molecule has 8 heteroatoms. The summed E-state index contributed by atoms with van der Waals surface area (Å²) in [6, 6.07) is 15.9. The number of aryl methyl sites for hydroxylation is 1. The molecule has 1 aliphatic rings. The number of piperazine rings is 1. The number of hydrogen-bond donors (Lipinski definition) is 0. The molecule has 0 aliphatic carbocycles. The molecule has 30 heavy (non-hydrogen) atoms. The van der Waals surface area contributed by atoms with Crippen LogP contribution in [-0.4, -0.2) is 47.0 Å². The molecule has 1 aromatic heterocycles. The molecule has 1 saturated heterocycles. The van der Waals surface area contributed by atoms with Crippen molar-refractivity contribution < 1.29 is 9.32 Å². The highest BCUT2D eigenvalue weighted by molar-refractivity contribution is 9.10. The predicted octanol–water partition coefficient (Wildman–Crippen LogP) is 5.60. The summed E-state index contributed by atoms with van der Waals surface area (Å²) in [6.45, 7) is 4.45. The Bertz CT molecular complexity index is 984. The Hall–Kier alpha value is -1.86. The summed E-state index contributed by atoms with van der Waals surface area (Å²) in [4.78, 5) is 17.0. The van der Waals surface area contributed by atoms with Gasteiger partial charge >= 0.3 is 0 Å². The van der Waals surface area contributed by atoms with E-state index in [1.165, 1.54) is 0 Å². The third-order valence-corrected chi connectivity index (χ3v) is 6.77. The lowest BCUT2D eigenvalue weighted by molar-refractivity contribution is 0.0587. The van der Waals surface area contributed by atoms with Gasteiger partial charge in [-0.15, -0.1) is 0 Å². The Balaban J connectivity index is 1.54. The second kappa shape index (κ2) is 9.10. The minimum atomic E-state index is -0.118. The van der Waals surface area contributed by atoms with Crippen molar-refractivity contribution in [2.75, 3.05) is 26.2 Å². The summed E-state index contributed by atoms with van der Waals surface area (Å²) in [6.07, 6.45) is 0. The molecule has 1 amide bonds. The minimum Gasteiger partial charge on any atom is -0.360 e. The molecule has 156 valence electrons. The van der Waals surface area contributed by atoms with E-state index in [-0.39, 0.29) is 11.9 Å². The molecule has 0 saturated carbocycles. The minimum absolute atomic E-state index is 0.0535. The van der Waals surface area contributed by atoms with Crippen LogP contribution in [0.25, 0.3) is 0 Å². The Labute approximate surface area is 193 Å². The highest BCUT2D eigenvalue weighted by atomic mass is 79.9. The number of hydrogen-bond acceptors (Lipinski definition) is 4. The second-order valence-corrected chi connectivity index (χ2v) is 8.90. The summed E-state index contributed by atoms with van der Waals surface area (Å²) in [5.41, 5.74) is 2.63. The van der Waals surface area contributed by atoms with E-state index < -0.39 is 0 Å². The number of benzene rings is 2. The van der Waals surface area contributed by atoms with Crippen LogP contribution in [0.4, 0.5) is 0 Å².